The summed E-state index contributed by atoms with van der Waals surface area (Å²) in [6, 6.07) is 13.7. The maximum Gasteiger partial charge on any atom is 0.416 e. The molecule has 3 aromatic rings. The van der Waals surface area contributed by atoms with Gasteiger partial charge in [-0.3, -0.25) is 14.5 Å². The molecule has 1 N–H and O–H groups in total. The molecule has 0 aromatic heterocycles. The number of alkyl halides is 3. The third kappa shape index (κ3) is 4.00. The van der Waals surface area contributed by atoms with Gasteiger partial charge in [-0.1, -0.05) is 42.0 Å². The number of carbonyl (C=O) groups is 2. The summed E-state index contributed by atoms with van der Waals surface area (Å²) in [5.41, 5.74) is -1.10. The molecule has 0 bridgehead atoms. The first-order valence-electron chi connectivity index (χ1n) is 9.89. The molecule has 0 saturated carbocycles. The number of hydrogen-bond acceptors (Lipinski definition) is 3. The first kappa shape index (κ1) is 22.3. The van der Waals surface area contributed by atoms with E-state index in [-0.39, 0.29) is 11.3 Å². The Kier molecular flexibility index (Phi) is 5.53. The summed E-state index contributed by atoms with van der Waals surface area (Å²) in [5.74, 6) is -3.32. The number of nitrogens with zero attached hydrogens (tertiary/aromatic N) is 1. The zero-order chi connectivity index (χ0) is 23.9. The number of rotatable bonds is 4. The molecule has 3 aromatic carbocycles. The van der Waals surface area contributed by atoms with E-state index < -0.39 is 52.2 Å². The normalized spacial score (nSPS) is 16.5. The van der Waals surface area contributed by atoms with Gasteiger partial charge < -0.3 is 5.11 Å². The van der Waals surface area contributed by atoms with E-state index in [1.165, 1.54) is 36.4 Å². The van der Waals surface area contributed by atoms with Crippen LogP contribution in [-0.2, 0) is 11.0 Å². The van der Waals surface area contributed by atoms with Crippen molar-refractivity contribution >= 4 is 23.0 Å². The molecule has 1 heterocycles. The van der Waals surface area contributed by atoms with Crippen molar-refractivity contribution in [2.75, 3.05) is 4.90 Å². The Morgan fingerprint density at radius 3 is 2.27 bits per heavy atom. The second-order valence-corrected chi connectivity index (χ2v) is 7.59. The first-order valence-corrected chi connectivity index (χ1v) is 9.89. The Bertz CT molecular complexity index is 1280. The number of carbonyl (C=O) groups excluding carboxylic acids is 2. The number of hydrogen-bond donors (Lipinski definition) is 1. The van der Waals surface area contributed by atoms with E-state index in [2.05, 4.69) is 0 Å². The monoisotopic (exact) mass is 455 g/mol. The quantitative estimate of drug-likeness (QED) is 0.404. The molecule has 168 valence electrons. The zero-order valence-corrected chi connectivity index (χ0v) is 17.2. The minimum Gasteiger partial charge on any atom is -0.503 e. The van der Waals surface area contributed by atoms with Crippen LogP contribution in [-0.4, -0.2) is 22.8 Å². The van der Waals surface area contributed by atoms with E-state index in [0.717, 1.165) is 34.7 Å². The Hall–Kier alpha value is -3.94. The fourth-order valence-electron chi connectivity index (χ4n) is 3.92. The Morgan fingerprint density at radius 2 is 1.64 bits per heavy atom. The minimum absolute atomic E-state index is 0.0541. The number of anilines is 1. The lowest BCUT2D eigenvalue weighted by atomic mass is 9.89. The fraction of sp³-hybridized carbons (Fsp3) is 0.120. The number of ketones is 1. The largest absolute Gasteiger partial charge is 0.503 e. The molecule has 1 amide bonds. The molecule has 4 nitrogen and oxygen atoms in total. The molecule has 33 heavy (non-hydrogen) atoms. The smallest absolute Gasteiger partial charge is 0.416 e. The lowest BCUT2D eigenvalue weighted by Gasteiger charge is -2.27. The average Bonchev–Trinajstić information content (AvgIpc) is 3.04. The Labute approximate surface area is 186 Å². The SMILES string of the molecule is Cc1cccc(C(=O)C2C(c3ccccc3C(F)(F)F)=C(O)C(=O)N2c2ccc(F)cc2)c1. The highest BCUT2D eigenvalue weighted by molar-refractivity contribution is 6.25. The zero-order valence-electron chi connectivity index (χ0n) is 17.2. The maximum absolute atomic E-state index is 13.8. The van der Waals surface area contributed by atoms with Crippen LogP contribution < -0.4 is 4.90 Å². The van der Waals surface area contributed by atoms with Crippen molar-refractivity contribution in [3.63, 3.8) is 0 Å². The fourth-order valence-corrected chi connectivity index (χ4v) is 3.92. The second kappa shape index (κ2) is 8.20. The van der Waals surface area contributed by atoms with E-state index in [1.54, 1.807) is 19.1 Å². The van der Waals surface area contributed by atoms with Crippen LogP contribution >= 0.6 is 0 Å². The van der Waals surface area contributed by atoms with Crippen LogP contribution in [0.25, 0.3) is 5.57 Å². The molecule has 0 radical (unpaired) electrons. The summed E-state index contributed by atoms with van der Waals surface area (Å²) in [7, 11) is 0. The highest BCUT2D eigenvalue weighted by Crippen LogP contribution is 2.42. The highest BCUT2D eigenvalue weighted by Gasteiger charge is 2.47. The molecule has 1 aliphatic rings. The summed E-state index contributed by atoms with van der Waals surface area (Å²) in [5, 5.41) is 10.7. The van der Waals surface area contributed by atoms with Gasteiger partial charge in [0.25, 0.3) is 5.91 Å². The van der Waals surface area contributed by atoms with Crippen LogP contribution in [0.15, 0.2) is 78.6 Å². The van der Waals surface area contributed by atoms with E-state index in [1.807, 2.05) is 0 Å². The van der Waals surface area contributed by atoms with Gasteiger partial charge in [-0.2, -0.15) is 13.2 Å². The topological polar surface area (TPSA) is 57.6 Å². The molecule has 0 fully saturated rings. The molecule has 1 unspecified atom stereocenters. The van der Waals surface area contributed by atoms with Gasteiger partial charge in [0.2, 0.25) is 0 Å². The van der Waals surface area contributed by atoms with Gasteiger partial charge in [0.15, 0.2) is 11.5 Å². The van der Waals surface area contributed by atoms with Crippen molar-refractivity contribution < 1.29 is 32.3 Å². The van der Waals surface area contributed by atoms with Crippen molar-refractivity contribution in [1.29, 1.82) is 0 Å². The standard InChI is InChI=1S/C25H17F4NO3/c1-14-5-4-6-15(13-14)22(31)21-20(18-7-2-3-8-19(18)25(27,28)29)23(32)24(33)30(21)17-11-9-16(26)10-12-17/h2-13,21,32H,1H3. The number of halogens is 4. The van der Waals surface area contributed by atoms with Gasteiger partial charge >= 0.3 is 6.18 Å². The molecule has 0 aliphatic carbocycles. The predicted molar refractivity (Wildman–Crippen MR) is 114 cm³/mol. The van der Waals surface area contributed by atoms with Crippen molar-refractivity contribution in [3.8, 4) is 0 Å². The summed E-state index contributed by atoms with van der Waals surface area (Å²) in [6.45, 7) is 1.74. The number of benzene rings is 3. The van der Waals surface area contributed by atoms with E-state index in [0.29, 0.717) is 0 Å². The lowest BCUT2D eigenvalue weighted by Crippen LogP contribution is -2.41. The third-order valence-electron chi connectivity index (χ3n) is 5.39. The molecule has 1 atom stereocenters. The second-order valence-electron chi connectivity index (χ2n) is 7.59. The first-order chi connectivity index (χ1) is 15.6. The summed E-state index contributed by atoms with van der Waals surface area (Å²) < 4.78 is 54.8. The van der Waals surface area contributed by atoms with Gasteiger partial charge in [0.05, 0.1) is 5.56 Å². The highest BCUT2D eigenvalue weighted by atomic mass is 19.4. The van der Waals surface area contributed by atoms with Gasteiger partial charge in [0, 0.05) is 16.8 Å². The minimum atomic E-state index is -4.80. The molecular weight excluding hydrogens is 438 g/mol. The van der Waals surface area contributed by atoms with Crippen molar-refractivity contribution in [2.24, 2.45) is 0 Å². The molecule has 8 heteroatoms. The van der Waals surface area contributed by atoms with Crippen LogP contribution in [0.1, 0.15) is 27.0 Å². The molecule has 1 aliphatic heterocycles. The number of amides is 1. The number of aliphatic hydroxyl groups is 1. The van der Waals surface area contributed by atoms with Crippen LogP contribution in [0.2, 0.25) is 0 Å². The van der Waals surface area contributed by atoms with E-state index >= 15 is 0 Å². The van der Waals surface area contributed by atoms with Crippen molar-refractivity contribution in [1.82, 2.24) is 0 Å². The third-order valence-corrected chi connectivity index (χ3v) is 5.39. The van der Waals surface area contributed by atoms with Crippen molar-refractivity contribution in [2.45, 2.75) is 19.1 Å². The summed E-state index contributed by atoms with van der Waals surface area (Å²) in [4.78, 5) is 27.5. The molecule has 0 saturated heterocycles. The number of Topliss-reactive ketones (excluding diaryl/α,β-unsaturated/α-hetero) is 1. The van der Waals surface area contributed by atoms with Crippen LogP contribution in [0.3, 0.4) is 0 Å². The van der Waals surface area contributed by atoms with Crippen LogP contribution in [0.5, 0.6) is 0 Å². The predicted octanol–water partition coefficient (Wildman–Crippen LogP) is 5.72. The summed E-state index contributed by atoms with van der Waals surface area (Å²) >= 11 is 0. The van der Waals surface area contributed by atoms with Gasteiger partial charge in [-0.25, -0.2) is 4.39 Å². The Balaban J connectivity index is 1.95. The van der Waals surface area contributed by atoms with Crippen LogP contribution in [0, 0.1) is 12.7 Å². The van der Waals surface area contributed by atoms with Gasteiger partial charge in [-0.15, -0.1) is 0 Å². The van der Waals surface area contributed by atoms with Crippen LogP contribution in [0.4, 0.5) is 23.2 Å². The van der Waals surface area contributed by atoms with E-state index in [9.17, 15) is 32.3 Å². The maximum atomic E-state index is 13.8. The number of aryl methyl sites for hydroxylation is 1. The molecule has 4 rings (SSSR count). The Morgan fingerprint density at radius 1 is 0.970 bits per heavy atom. The molecule has 0 spiro atoms. The van der Waals surface area contributed by atoms with Crippen molar-refractivity contribution in [3.05, 3.63) is 107 Å². The lowest BCUT2D eigenvalue weighted by molar-refractivity contribution is -0.137. The average molecular weight is 455 g/mol. The van der Waals surface area contributed by atoms with E-state index in [4.69, 9.17) is 0 Å². The summed E-state index contributed by atoms with van der Waals surface area (Å²) in [6.07, 6.45) is -4.80. The number of aliphatic hydroxyl groups excluding tert-OH is 1. The van der Waals surface area contributed by atoms with Gasteiger partial charge in [0.1, 0.15) is 11.9 Å². The molecular formula is C25H17F4NO3. The van der Waals surface area contributed by atoms with Gasteiger partial charge in [-0.05, 0) is 48.9 Å².